The minimum absolute atomic E-state index is 0.562. The van der Waals surface area contributed by atoms with Crippen LogP contribution in [0.4, 0.5) is 0 Å². The zero-order chi connectivity index (χ0) is 11.5. The molecule has 1 saturated carbocycles. The summed E-state index contributed by atoms with van der Waals surface area (Å²) in [5, 5.41) is 3.40. The molecule has 1 fully saturated rings. The van der Waals surface area contributed by atoms with Gasteiger partial charge in [-0.3, -0.25) is 0 Å². The molecule has 1 aromatic heterocycles. The molecule has 0 saturated heterocycles. The molecule has 1 N–H and O–H groups in total. The first-order chi connectivity index (χ1) is 7.66. The summed E-state index contributed by atoms with van der Waals surface area (Å²) in [5.41, 5.74) is 0. The predicted molar refractivity (Wildman–Crippen MR) is 64.5 cm³/mol. The van der Waals surface area contributed by atoms with Gasteiger partial charge in [-0.05, 0) is 25.3 Å². The van der Waals surface area contributed by atoms with E-state index in [4.69, 9.17) is 4.42 Å². The molecule has 0 aliphatic heterocycles. The van der Waals surface area contributed by atoms with E-state index in [9.17, 15) is 0 Å². The number of aryl methyl sites for hydroxylation is 1. The van der Waals surface area contributed by atoms with Gasteiger partial charge in [0.1, 0.15) is 5.76 Å². The Morgan fingerprint density at radius 1 is 1.56 bits per heavy atom. The van der Waals surface area contributed by atoms with Crippen molar-refractivity contribution in [3.05, 3.63) is 17.8 Å². The lowest BCUT2D eigenvalue weighted by Crippen LogP contribution is -2.23. The van der Waals surface area contributed by atoms with Crippen molar-refractivity contribution in [1.82, 2.24) is 10.3 Å². The number of oxazole rings is 1. The maximum absolute atomic E-state index is 5.75. The third-order valence-electron chi connectivity index (χ3n) is 3.17. The van der Waals surface area contributed by atoms with Crippen LogP contribution in [-0.2, 0) is 6.42 Å². The number of hydrogen-bond donors (Lipinski definition) is 1. The highest BCUT2D eigenvalue weighted by Gasteiger charge is 2.36. The van der Waals surface area contributed by atoms with Gasteiger partial charge >= 0.3 is 0 Å². The van der Waals surface area contributed by atoms with Crippen molar-refractivity contribution in [2.75, 3.05) is 6.54 Å². The second kappa shape index (κ2) is 5.00. The van der Waals surface area contributed by atoms with E-state index < -0.39 is 0 Å². The standard InChI is InChI=1S/C13H22N2O/c1-9(2)14-6-4-5-13-15-8-12(16-13)11-7-10(11)3/h8-11,14H,4-7H2,1-3H3. The molecule has 0 amide bonds. The van der Waals surface area contributed by atoms with Gasteiger partial charge in [-0.15, -0.1) is 0 Å². The molecule has 16 heavy (non-hydrogen) atoms. The lowest BCUT2D eigenvalue weighted by atomic mass is 10.3. The second-order valence-corrected chi connectivity index (χ2v) is 5.19. The van der Waals surface area contributed by atoms with Gasteiger partial charge in [0.05, 0.1) is 6.20 Å². The highest BCUT2D eigenvalue weighted by Crippen LogP contribution is 2.46. The van der Waals surface area contributed by atoms with Crippen molar-refractivity contribution in [2.24, 2.45) is 5.92 Å². The molecule has 1 aromatic rings. The van der Waals surface area contributed by atoms with Crippen molar-refractivity contribution in [1.29, 1.82) is 0 Å². The summed E-state index contributed by atoms with van der Waals surface area (Å²) in [4.78, 5) is 4.33. The first-order valence-electron chi connectivity index (χ1n) is 6.35. The normalized spacial score (nSPS) is 24.0. The second-order valence-electron chi connectivity index (χ2n) is 5.19. The van der Waals surface area contributed by atoms with Crippen LogP contribution in [0.25, 0.3) is 0 Å². The van der Waals surface area contributed by atoms with E-state index in [0.29, 0.717) is 12.0 Å². The largest absolute Gasteiger partial charge is 0.445 e. The first kappa shape index (κ1) is 11.6. The van der Waals surface area contributed by atoms with Crippen molar-refractivity contribution in [2.45, 2.75) is 52.0 Å². The Morgan fingerprint density at radius 3 is 2.94 bits per heavy atom. The molecule has 90 valence electrons. The van der Waals surface area contributed by atoms with Crippen LogP contribution in [0.15, 0.2) is 10.6 Å². The average molecular weight is 222 g/mol. The molecule has 2 rings (SSSR count). The van der Waals surface area contributed by atoms with Crippen molar-refractivity contribution in [3.8, 4) is 0 Å². The fourth-order valence-corrected chi connectivity index (χ4v) is 1.96. The van der Waals surface area contributed by atoms with Crippen LogP contribution in [-0.4, -0.2) is 17.6 Å². The molecule has 0 aromatic carbocycles. The van der Waals surface area contributed by atoms with E-state index in [-0.39, 0.29) is 0 Å². The molecule has 1 aliphatic rings. The summed E-state index contributed by atoms with van der Waals surface area (Å²) in [5.74, 6) is 3.44. The smallest absolute Gasteiger partial charge is 0.194 e. The fourth-order valence-electron chi connectivity index (χ4n) is 1.96. The van der Waals surface area contributed by atoms with Crippen LogP contribution in [0.5, 0.6) is 0 Å². The number of nitrogens with zero attached hydrogens (tertiary/aromatic N) is 1. The van der Waals surface area contributed by atoms with E-state index in [1.807, 2.05) is 6.20 Å². The summed E-state index contributed by atoms with van der Waals surface area (Å²) in [6, 6.07) is 0.562. The van der Waals surface area contributed by atoms with E-state index >= 15 is 0 Å². The summed E-state index contributed by atoms with van der Waals surface area (Å²) in [7, 11) is 0. The van der Waals surface area contributed by atoms with E-state index in [2.05, 4.69) is 31.1 Å². The number of rotatable bonds is 6. The Bertz CT molecular complexity index is 332. The molecule has 1 aliphatic carbocycles. The van der Waals surface area contributed by atoms with Crippen LogP contribution in [0.3, 0.4) is 0 Å². The maximum atomic E-state index is 5.75. The van der Waals surface area contributed by atoms with E-state index in [1.54, 1.807) is 0 Å². The third-order valence-corrected chi connectivity index (χ3v) is 3.17. The highest BCUT2D eigenvalue weighted by molar-refractivity contribution is 5.11. The van der Waals surface area contributed by atoms with Crippen molar-refractivity contribution in [3.63, 3.8) is 0 Å². The minimum Gasteiger partial charge on any atom is -0.445 e. The average Bonchev–Trinajstić information content (AvgIpc) is 2.79. The molecule has 0 bridgehead atoms. The molecule has 0 radical (unpaired) electrons. The Hall–Kier alpha value is -0.830. The zero-order valence-electron chi connectivity index (χ0n) is 10.5. The van der Waals surface area contributed by atoms with Crippen LogP contribution in [0.1, 0.15) is 51.2 Å². The molecule has 2 atom stereocenters. The number of nitrogens with one attached hydrogen (secondary N) is 1. The molecular formula is C13H22N2O. The SMILES string of the molecule is CC(C)NCCCc1ncc(C2CC2C)o1. The lowest BCUT2D eigenvalue weighted by Gasteiger charge is -2.05. The molecule has 3 heteroatoms. The Balaban J connectivity index is 1.71. The summed E-state index contributed by atoms with van der Waals surface area (Å²) < 4.78 is 5.75. The summed E-state index contributed by atoms with van der Waals surface area (Å²) in [6.45, 7) is 7.63. The Kier molecular flexibility index (Phi) is 3.64. The van der Waals surface area contributed by atoms with Crippen molar-refractivity contribution >= 4 is 0 Å². The predicted octanol–water partition coefficient (Wildman–Crippen LogP) is 2.73. The summed E-state index contributed by atoms with van der Waals surface area (Å²) >= 11 is 0. The Labute approximate surface area is 97.6 Å². The van der Waals surface area contributed by atoms with Crippen LogP contribution in [0.2, 0.25) is 0 Å². The Morgan fingerprint density at radius 2 is 2.31 bits per heavy atom. The molecule has 1 heterocycles. The van der Waals surface area contributed by atoms with Gasteiger partial charge in [0.2, 0.25) is 0 Å². The quantitative estimate of drug-likeness (QED) is 0.752. The third kappa shape index (κ3) is 3.08. The van der Waals surface area contributed by atoms with Gasteiger partial charge in [0.25, 0.3) is 0 Å². The van der Waals surface area contributed by atoms with Gasteiger partial charge in [-0.2, -0.15) is 0 Å². The molecule has 3 nitrogen and oxygen atoms in total. The van der Waals surface area contributed by atoms with Gasteiger partial charge in [0, 0.05) is 18.4 Å². The number of hydrogen-bond acceptors (Lipinski definition) is 3. The lowest BCUT2D eigenvalue weighted by molar-refractivity contribution is 0.441. The molecule has 0 spiro atoms. The van der Waals surface area contributed by atoms with Crippen molar-refractivity contribution < 1.29 is 4.42 Å². The zero-order valence-corrected chi connectivity index (χ0v) is 10.5. The molecular weight excluding hydrogens is 200 g/mol. The van der Waals surface area contributed by atoms with Gasteiger partial charge in [-0.1, -0.05) is 20.8 Å². The van der Waals surface area contributed by atoms with Gasteiger partial charge < -0.3 is 9.73 Å². The monoisotopic (exact) mass is 222 g/mol. The number of aromatic nitrogens is 1. The highest BCUT2D eigenvalue weighted by atomic mass is 16.4. The minimum atomic E-state index is 0.562. The summed E-state index contributed by atoms with van der Waals surface area (Å²) in [6.07, 6.45) is 5.22. The van der Waals surface area contributed by atoms with Gasteiger partial charge in [-0.25, -0.2) is 4.98 Å². The van der Waals surface area contributed by atoms with Crippen LogP contribution < -0.4 is 5.32 Å². The van der Waals surface area contributed by atoms with Gasteiger partial charge in [0.15, 0.2) is 5.89 Å². The van der Waals surface area contributed by atoms with E-state index in [1.165, 1.54) is 6.42 Å². The van der Waals surface area contributed by atoms with Crippen LogP contribution >= 0.6 is 0 Å². The van der Waals surface area contributed by atoms with Crippen LogP contribution in [0, 0.1) is 5.92 Å². The first-order valence-corrected chi connectivity index (χ1v) is 6.35. The topological polar surface area (TPSA) is 38.1 Å². The molecule has 2 unspecified atom stereocenters. The maximum Gasteiger partial charge on any atom is 0.194 e. The van der Waals surface area contributed by atoms with E-state index in [0.717, 1.165) is 37.0 Å². The fraction of sp³-hybridized carbons (Fsp3) is 0.769.